The van der Waals surface area contributed by atoms with E-state index in [4.69, 9.17) is 0 Å². The van der Waals surface area contributed by atoms with Crippen molar-refractivity contribution >= 4 is 11.9 Å². The summed E-state index contributed by atoms with van der Waals surface area (Å²) in [6.45, 7) is 16.1. The highest BCUT2D eigenvalue weighted by atomic mass is 16.6. The van der Waals surface area contributed by atoms with Crippen LogP contribution in [0.4, 0.5) is 0 Å². The van der Waals surface area contributed by atoms with Crippen LogP contribution in [0.25, 0.3) is 0 Å². The van der Waals surface area contributed by atoms with Crippen molar-refractivity contribution in [3.63, 3.8) is 0 Å². The second-order valence-corrected chi connectivity index (χ2v) is 9.54. The molecular weight excluding hydrogens is 324 g/mol. The van der Waals surface area contributed by atoms with Gasteiger partial charge in [-0.3, -0.25) is 9.59 Å². The lowest BCUT2D eigenvalue weighted by Crippen LogP contribution is -2.11. The Hall–Kier alpha value is -1.12. The summed E-state index contributed by atoms with van der Waals surface area (Å²) < 4.78 is 4.64. The first kappa shape index (κ1) is 22.9. The number of carbonyl (C=O) groups is 2. The largest absolute Gasteiger partial charge is 0.393 e. The van der Waals surface area contributed by atoms with Crippen molar-refractivity contribution in [3.05, 3.63) is 11.6 Å². The Morgan fingerprint density at radius 3 is 2.00 bits per heavy atom. The fourth-order valence-electron chi connectivity index (χ4n) is 4.79. The third-order valence-corrected chi connectivity index (χ3v) is 5.36. The van der Waals surface area contributed by atoms with Crippen molar-refractivity contribution in [2.24, 2.45) is 35.5 Å². The topological polar surface area (TPSA) is 43.4 Å². The molecule has 0 radical (unpaired) electrons. The first-order valence-electron chi connectivity index (χ1n) is 10.5. The van der Waals surface area contributed by atoms with Crippen molar-refractivity contribution < 1.29 is 14.3 Å². The molecule has 0 aliphatic carbocycles. The molecule has 0 amide bonds. The van der Waals surface area contributed by atoms with Crippen molar-refractivity contribution in [3.8, 4) is 0 Å². The molecule has 0 aromatic rings. The predicted molar refractivity (Wildman–Crippen MR) is 108 cm³/mol. The second kappa shape index (κ2) is 10.9. The van der Waals surface area contributed by atoms with Gasteiger partial charge in [-0.2, -0.15) is 0 Å². The average Bonchev–Trinajstić information content (AvgIpc) is 2.74. The fraction of sp³-hybridized carbons (Fsp3) is 0.826. The lowest BCUT2D eigenvalue weighted by molar-refractivity contribution is -0.153. The summed E-state index contributed by atoms with van der Waals surface area (Å²) in [6.07, 6.45) is 8.26. The van der Waals surface area contributed by atoms with E-state index in [1.54, 1.807) is 0 Å². The Balaban J connectivity index is 2.37. The van der Waals surface area contributed by atoms with Crippen LogP contribution in [0.15, 0.2) is 11.6 Å². The fourth-order valence-corrected chi connectivity index (χ4v) is 4.79. The van der Waals surface area contributed by atoms with Crippen LogP contribution in [0.1, 0.15) is 87.0 Å². The minimum absolute atomic E-state index is 0.237. The molecule has 1 rings (SSSR count). The van der Waals surface area contributed by atoms with Gasteiger partial charge in [-0.05, 0) is 68.6 Å². The van der Waals surface area contributed by atoms with Crippen molar-refractivity contribution in [2.45, 2.75) is 87.0 Å². The van der Waals surface area contributed by atoms with Crippen LogP contribution in [0, 0.1) is 35.5 Å². The van der Waals surface area contributed by atoms with Crippen LogP contribution in [0.5, 0.6) is 0 Å². The number of ether oxygens (including phenoxy) is 1. The highest BCUT2D eigenvalue weighted by Crippen LogP contribution is 2.28. The van der Waals surface area contributed by atoms with Crippen molar-refractivity contribution in [1.29, 1.82) is 0 Å². The Bertz CT molecular complexity index is 492. The monoisotopic (exact) mass is 364 g/mol. The van der Waals surface area contributed by atoms with Crippen LogP contribution < -0.4 is 0 Å². The smallest absolute Gasteiger partial charge is 0.317 e. The lowest BCUT2D eigenvalue weighted by atomic mass is 9.83. The average molecular weight is 365 g/mol. The van der Waals surface area contributed by atoms with Gasteiger partial charge in [-0.15, -0.1) is 0 Å². The van der Waals surface area contributed by atoms with Gasteiger partial charge < -0.3 is 4.74 Å². The van der Waals surface area contributed by atoms with Crippen LogP contribution in [-0.2, 0) is 14.3 Å². The maximum absolute atomic E-state index is 11.6. The molecule has 0 saturated carbocycles. The van der Waals surface area contributed by atoms with Gasteiger partial charge in [0.25, 0.3) is 0 Å². The molecule has 5 atom stereocenters. The summed E-state index contributed by atoms with van der Waals surface area (Å²) in [5.41, 5.74) is 1.19. The highest BCUT2D eigenvalue weighted by molar-refractivity contribution is 5.94. The van der Waals surface area contributed by atoms with Crippen LogP contribution >= 0.6 is 0 Å². The SMILES string of the molecule is C/C(=C\C(C)CC(C)CC(C)CC(C)CC(C)C)CC1CC(=O)OC1=O. The normalized spacial score (nSPS) is 23.1. The molecule has 0 spiro atoms. The van der Waals surface area contributed by atoms with E-state index in [2.05, 4.69) is 59.3 Å². The van der Waals surface area contributed by atoms with Gasteiger partial charge in [-0.25, -0.2) is 0 Å². The van der Waals surface area contributed by atoms with E-state index in [-0.39, 0.29) is 24.3 Å². The molecule has 1 aliphatic rings. The number of carbonyl (C=O) groups excluding carboxylic acids is 2. The third kappa shape index (κ3) is 9.00. The zero-order valence-electron chi connectivity index (χ0n) is 18.0. The number of hydrogen-bond acceptors (Lipinski definition) is 3. The van der Waals surface area contributed by atoms with E-state index >= 15 is 0 Å². The van der Waals surface area contributed by atoms with Gasteiger partial charge in [0.15, 0.2) is 0 Å². The standard InChI is InChI=1S/C23H40O3/c1-15(2)8-16(3)9-17(4)10-18(5)11-19(6)12-20(7)13-21-14-22(24)26-23(21)25/h12,15-19,21H,8-11,13-14H2,1-7H3/b20-12+. The van der Waals surface area contributed by atoms with Gasteiger partial charge in [0.1, 0.15) is 0 Å². The summed E-state index contributed by atoms with van der Waals surface area (Å²) in [7, 11) is 0. The molecule has 0 aromatic heterocycles. The van der Waals surface area contributed by atoms with Crippen LogP contribution in [0.2, 0.25) is 0 Å². The van der Waals surface area contributed by atoms with Crippen LogP contribution in [-0.4, -0.2) is 11.9 Å². The molecule has 3 nitrogen and oxygen atoms in total. The predicted octanol–water partition coefficient (Wildman–Crippen LogP) is 6.17. The molecule has 1 saturated heterocycles. The van der Waals surface area contributed by atoms with Gasteiger partial charge in [0, 0.05) is 0 Å². The molecule has 150 valence electrons. The van der Waals surface area contributed by atoms with Gasteiger partial charge >= 0.3 is 11.9 Å². The van der Waals surface area contributed by atoms with E-state index < -0.39 is 0 Å². The number of hydrogen-bond donors (Lipinski definition) is 0. The van der Waals surface area contributed by atoms with E-state index in [9.17, 15) is 9.59 Å². The Labute approximate surface area is 161 Å². The summed E-state index contributed by atoms with van der Waals surface area (Å²) in [5, 5.41) is 0. The first-order valence-corrected chi connectivity index (χ1v) is 10.5. The summed E-state index contributed by atoms with van der Waals surface area (Å²) in [4.78, 5) is 22.8. The zero-order chi connectivity index (χ0) is 19.9. The first-order chi connectivity index (χ1) is 12.1. The van der Waals surface area contributed by atoms with E-state index in [0.29, 0.717) is 18.3 Å². The molecule has 5 unspecified atom stereocenters. The molecular formula is C23H40O3. The molecule has 3 heteroatoms. The molecule has 0 bridgehead atoms. The summed E-state index contributed by atoms with van der Waals surface area (Å²) in [6, 6.07) is 0. The Morgan fingerprint density at radius 2 is 1.50 bits per heavy atom. The quantitative estimate of drug-likeness (QED) is 0.250. The third-order valence-electron chi connectivity index (χ3n) is 5.36. The number of cyclic esters (lactones) is 2. The molecule has 0 N–H and O–H groups in total. The Morgan fingerprint density at radius 1 is 0.962 bits per heavy atom. The number of rotatable bonds is 11. The summed E-state index contributed by atoms with van der Waals surface area (Å²) in [5.74, 6) is 2.57. The lowest BCUT2D eigenvalue weighted by Gasteiger charge is -2.23. The maximum Gasteiger partial charge on any atom is 0.317 e. The van der Waals surface area contributed by atoms with E-state index in [0.717, 1.165) is 17.8 Å². The van der Waals surface area contributed by atoms with Crippen molar-refractivity contribution in [2.75, 3.05) is 0 Å². The number of esters is 2. The number of allylic oxidation sites excluding steroid dienone is 2. The van der Waals surface area contributed by atoms with Crippen LogP contribution in [0.3, 0.4) is 0 Å². The minimum Gasteiger partial charge on any atom is -0.393 e. The van der Waals surface area contributed by atoms with E-state index in [1.807, 2.05) is 0 Å². The molecule has 0 aromatic carbocycles. The van der Waals surface area contributed by atoms with E-state index in [1.165, 1.54) is 31.3 Å². The van der Waals surface area contributed by atoms with Gasteiger partial charge in [0.2, 0.25) is 0 Å². The maximum atomic E-state index is 11.6. The molecule has 1 fully saturated rings. The second-order valence-electron chi connectivity index (χ2n) is 9.54. The molecule has 26 heavy (non-hydrogen) atoms. The molecule has 1 aliphatic heterocycles. The summed E-state index contributed by atoms with van der Waals surface area (Å²) >= 11 is 0. The zero-order valence-corrected chi connectivity index (χ0v) is 18.0. The minimum atomic E-state index is -0.379. The van der Waals surface area contributed by atoms with Crippen molar-refractivity contribution in [1.82, 2.24) is 0 Å². The highest BCUT2D eigenvalue weighted by Gasteiger charge is 2.33. The van der Waals surface area contributed by atoms with Gasteiger partial charge in [0.05, 0.1) is 12.3 Å². The van der Waals surface area contributed by atoms with Gasteiger partial charge in [-0.1, -0.05) is 53.2 Å². The molecule has 1 heterocycles. The Kier molecular flexibility index (Phi) is 9.60.